The van der Waals surface area contributed by atoms with Gasteiger partial charge in [-0.25, -0.2) is 9.79 Å². The smallest absolute Gasteiger partial charge is 0.338 e. The molecule has 0 radical (unpaired) electrons. The number of terminal acetylenes is 1. The largest absolute Gasteiger partial charge is 0.463 e. The van der Waals surface area contributed by atoms with Gasteiger partial charge in [-0.15, -0.1) is 6.42 Å². The van der Waals surface area contributed by atoms with Gasteiger partial charge in [0.15, 0.2) is 4.80 Å². The number of fused-ring (bicyclic) bond motifs is 2. The Morgan fingerprint density at radius 1 is 1.25 bits per heavy atom. The van der Waals surface area contributed by atoms with Gasteiger partial charge in [0.05, 0.1) is 29.0 Å². The Balaban J connectivity index is 1.76. The first kappa shape index (κ1) is 23.9. The van der Waals surface area contributed by atoms with E-state index < -0.39 is 12.0 Å². The summed E-state index contributed by atoms with van der Waals surface area (Å²) in [5.74, 6) is 2.16. The van der Waals surface area contributed by atoms with Crippen molar-refractivity contribution in [3.63, 3.8) is 0 Å². The number of halogens is 1. The molecule has 3 heterocycles. The van der Waals surface area contributed by atoms with Crippen molar-refractivity contribution >= 4 is 45.9 Å². The van der Waals surface area contributed by atoms with Crippen LogP contribution >= 0.6 is 22.9 Å². The van der Waals surface area contributed by atoms with Crippen LogP contribution in [0.1, 0.15) is 31.0 Å². The maximum absolute atomic E-state index is 13.8. The molecule has 5 rings (SSSR count). The first-order valence-electron chi connectivity index (χ1n) is 11.4. The number of allylic oxidation sites excluding steroid dienone is 1. The van der Waals surface area contributed by atoms with E-state index >= 15 is 0 Å². The fraction of sp³-hybridized carbons (Fsp3) is 0.179. The predicted molar refractivity (Wildman–Crippen MR) is 143 cm³/mol. The molecule has 0 spiro atoms. The molecule has 180 valence electrons. The van der Waals surface area contributed by atoms with Crippen LogP contribution in [0, 0.1) is 12.3 Å². The van der Waals surface area contributed by atoms with Crippen molar-refractivity contribution in [3.8, 4) is 12.3 Å². The van der Waals surface area contributed by atoms with Crippen molar-refractivity contribution in [3.05, 3.63) is 102 Å². The number of hydrogen-bond acceptors (Lipinski definition) is 5. The Kier molecular flexibility index (Phi) is 6.40. The molecule has 4 aromatic rings. The summed E-state index contributed by atoms with van der Waals surface area (Å²) < 4.78 is 9.35. The second kappa shape index (κ2) is 9.65. The fourth-order valence-electron chi connectivity index (χ4n) is 4.54. The SMILES string of the molecule is C#CCn1cc(/C=c2\sc3n(c2=O)[C@@H](c2ccccc2Cl)C(C(=O)OCC)=C(C)N=3)c2ccccc21. The summed E-state index contributed by atoms with van der Waals surface area (Å²) in [6, 6.07) is 14.3. The lowest BCUT2D eigenvalue weighted by Gasteiger charge is -2.25. The zero-order valence-corrected chi connectivity index (χ0v) is 21.3. The third-order valence-corrected chi connectivity index (χ3v) is 7.41. The minimum atomic E-state index is -0.751. The average Bonchev–Trinajstić information content (AvgIpc) is 3.36. The molecule has 0 amide bonds. The number of esters is 1. The maximum atomic E-state index is 13.8. The molecule has 8 heteroatoms. The lowest BCUT2D eigenvalue weighted by Crippen LogP contribution is -2.40. The van der Waals surface area contributed by atoms with Gasteiger partial charge < -0.3 is 9.30 Å². The van der Waals surface area contributed by atoms with Gasteiger partial charge >= 0.3 is 5.97 Å². The van der Waals surface area contributed by atoms with E-state index in [0.29, 0.717) is 37.7 Å². The van der Waals surface area contributed by atoms with Crippen molar-refractivity contribution in [1.82, 2.24) is 9.13 Å². The van der Waals surface area contributed by atoms with Crippen molar-refractivity contribution in [2.24, 2.45) is 4.99 Å². The number of rotatable bonds is 5. The highest BCUT2D eigenvalue weighted by Crippen LogP contribution is 2.34. The van der Waals surface area contributed by atoms with Gasteiger partial charge in [0.2, 0.25) is 0 Å². The zero-order chi connectivity index (χ0) is 25.4. The van der Waals surface area contributed by atoms with E-state index in [1.165, 1.54) is 15.9 Å². The number of ether oxygens (including phenoxy) is 1. The highest BCUT2D eigenvalue weighted by Gasteiger charge is 2.34. The van der Waals surface area contributed by atoms with Gasteiger partial charge in [0.1, 0.15) is 6.04 Å². The first-order chi connectivity index (χ1) is 17.4. The van der Waals surface area contributed by atoms with Crippen LogP contribution in [-0.4, -0.2) is 21.7 Å². The second-order valence-electron chi connectivity index (χ2n) is 8.26. The van der Waals surface area contributed by atoms with Gasteiger partial charge in [-0.3, -0.25) is 9.36 Å². The van der Waals surface area contributed by atoms with Crippen LogP contribution in [0.4, 0.5) is 0 Å². The van der Waals surface area contributed by atoms with Gasteiger partial charge in [-0.05, 0) is 37.6 Å². The molecule has 2 aromatic heterocycles. The van der Waals surface area contributed by atoms with Crippen LogP contribution in [-0.2, 0) is 16.1 Å². The van der Waals surface area contributed by atoms with Crippen LogP contribution in [0.15, 0.2) is 75.8 Å². The van der Waals surface area contributed by atoms with E-state index in [2.05, 4.69) is 10.9 Å². The zero-order valence-electron chi connectivity index (χ0n) is 19.7. The molecule has 0 N–H and O–H groups in total. The summed E-state index contributed by atoms with van der Waals surface area (Å²) in [5.41, 5.74) is 3.04. The van der Waals surface area contributed by atoms with Crippen LogP contribution in [0.3, 0.4) is 0 Å². The molecule has 0 unspecified atom stereocenters. The molecule has 6 nitrogen and oxygen atoms in total. The summed E-state index contributed by atoms with van der Waals surface area (Å²) in [5, 5.41) is 1.44. The molecule has 0 fully saturated rings. The molecule has 0 aliphatic carbocycles. The minimum absolute atomic E-state index is 0.205. The van der Waals surface area contributed by atoms with Crippen LogP contribution in [0.5, 0.6) is 0 Å². The van der Waals surface area contributed by atoms with E-state index in [-0.39, 0.29) is 12.2 Å². The molecular weight excluding hydrogens is 494 g/mol. The topological polar surface area (TPSA) is 65.6 Å². The number of thiazole rings is 1. The molecule has 1 aliphatic heterocycles. The summed E-state index contributed by atoms with van der Waals surface area (Å²) in [6.07, 6.45) is 9.36. The summed E-state index contributed by atoms with van der Waals surface area (Å²) in [7, 11) is 0. The summed E-state index contributed by atoms with van der Waals surface area (Å²) in [6.45, 7) is 4.12. The van der Waals surface area contributed by atoms with Crippen molar-refractivity contribution < 1.29 is 9.53 Å². The second-order valence-corrected chi connectivity index (χ2v) is 9.67. The Bertz CT molecular complexity index is 1770. The van der Waals surface area contributed by atoms with Crippen LogP contribution in [0.2, 0.25) is 5.02 Å². The van der Waals surface area contributed by atoms with Crippen LogP contribution in [0.25, 0.3) is 17.0 Å². The number of para-hydroxylation sites is 1. The van der Waals surface area contributed by atoms with E-state index in [1.54, 1.807) is 19.9 Å². The maximum Gasteiger partial charge on any atom is 0.338 e. The van der Waals surface area contributed by atoms with Gasteiger partial charge in [-0.1, -0.05) is 65.3 Å². The average molecular weight is 516 g/mol. The first-order valence-corrected chi connectivity index (χ1v) is 12.6. The molecular formula is C28H22ClN3O3S. The van der Waals surface area contributed by atoms with E-state index in [4.69, 9.17) is 22.8 Å². The highest BCUT2D eigenvalue weighted by atomic mass is 35.5. The Morgan fingerprint density at radius 3 is 2.75 bits per heavy atom. The Labute approximate surface area is 216 Å². The molecule has 0 bridgehead atoms. The molecule has 36 heavy (non-hydrogen) atoms. The van der Waals surface area contributed by atoms with Crippen LogP contribution < -0.4 is 14.9 Å². The number of hydrogen-bond donors (Lipinski definition) is 0. The fourth-order valence-corrected chi connectivity index (χ4v) is 5.82. The number of aromatic nitrogens is 2. The summed E-state index contributed by atoms with van der Waals surface area (Å²) in [4.78, 5) is 32.0. The normalized spacial score (nSPS) is 15.5. The number of benzene rings is 2. The molecule has 1 aliphatic rings. The lowest BCUT2D eigenvalue weighted by atomic mass is 9.96. The molecule has 2 aromatic carbocycles. The van der Waals surface area contributed by atoms with Gasteiger partial charge in [0, 0.05) is 27.7 Å². The minimum Gasteiger partial charge on any atom is -0.463 e. The molecule has 1 atom stereocenters. The van der Waals surface area contributed by atoms with Crippen molar-refractivity contribution in [2.75, 3.05) is 6.61 Å². The predicted octanol–water partition coefficient (Wildman–Crippen LogP) is 4.04. The quantitative estimate of drug-likeness (QED) is 0.298. The highest BCUT2D eigenvalue weighted by molar-refractivity contribution is 7.07. The van der Waals surface area contributed by atoms with Gasteiger partial charge in [0.25, 0.3) is 5.56 Å². The third kappa shape index (κ3) is 3.98. The molecule has 0 saturated carbocycles. The van der Waals surface area contributed by atoms with E-state index in [0.717, 1.165) is 16.5 Å². The standard InChI is InChI=1S/C28H22ClN3O3S/c1-4-14-31-16-18(19-10-7-9-13-22(19)31)15-23-26(33)32-25(20-11-6-8-12-21(20)29)24(27(34)35-5-2)17(3)30-28(32)36-23/h1,6-13,15-16,25H,5,14H2,2-3H3/b23-15-/t25-/m0/s1. The number of carbonyl (C=O) groups excluding carboxylic acids is 1. The lowest BCUT2D eigenvalue weighted by molar-refractivity contribution is -0.139. The Hall–Kier alpha value is -3.86. The third-order valence-electron chi connectivity index (χ3n) is 6.08. The number of carbonyl (C=O) groups is 1. The monoisotopic (exact) mass is 515 g/mol. The van der Waals surface area contributed by atoms with Crippen molar-refractivity contribution in [2.45, 2.75) is 26.4 Å². The van der Waals surface area contributed by atoms with E-state index in [9.17, 15) is 9.59 Å². The summed E-state index contributed by atoms with van der Waals surface area (Å²) >= 11 is 7.83. The van der Waals surface area contributed by atoms with E-state index in [1.807, 2.05) is 59.3 Å². The van der Waals surface area contributed by atoms with Crippen molar-refractivity contribution in [1.29, 1.82) is 0 Å². The number of nitrogens with zero attached hydrogens (tertiary/aromatic N) is 3. The Morgan fingerprint density at radius 2 is 2.00 bits per heavy atom. The van der Waals surface area contributed by atoms with Gasteiger partial charge in [-0.2, -0.15) is 0 Å². The molecule has 0 saturated heterocycles.